The molecule has 88 valence electrons. The highest BCUT2D eigenvalue weighted by Crippen LogP contribution is 2.17. The number of amides is 1. The maximum Gasteiger partial charge on any atom is 0.227 e. The van der Waals surface area contributed by atoms with E-state index in [9.17, 15) is 4.79 Å². The number of piperidine rings is 1. The first-order valence-corrected chi connectivity index (χ1v) is 6.68. The Morgan fingerprint density at radius 2 is 2.50 bits per heavy atom. The van der Waals surface area contributed by atoms with Crippen molar-refractivity contribution < 1.29 is 4.79 Å². The van der Waals surface area contributed by atoms with Crippen molar-refractivity contribution in [3.8, 4) is 0 Å². The number of carbonyl (C=O) groups excluding carboxylic acids is 1. The quantitative estimate of drug-likeness (QED) is 0.867. The van der Waals surface area contributed by atoms with E-state index in [1.807, 2.05) is 22.4 Å². The van der Waals surface area contributed by atoms with Gasteiger partial charge in [0.2, 0.25) is 5.91 Å². The van der Waals surface area contributed by atoms with Crippen LogP contribution in [0, 0.1) is 5.92 Å². The zero-order chi connectivity index (χ0) is 11.4. The molecule has 2 heterocycles. The molecule has 2 N–H and O–H groups in total. The number of carbonyl (C=O) groups is 1. The van der Waals surface area contributed by atoms with Gasteiger partial charge in [-0.25, -0.2) is 0 Å². The van der Waals surface area contributed by atoms with Gasteiger partial charge in [0, 0.05) is 18.0 Å². The number of rotatable bonds is 3. The van der Waals surface area contributed by atoms with E-state index >= 15 is 0 Å². The average molecular weight is 238 g/mol. The molecule has 1 saturated heterocycles. The summed E-state index contributed by atoms with van der Waals surface area (Å²) in [7, 11) is 0. The summed E-state index contributed by atoms with van der Waals surface area (Å²) in [5.74, 6) is 0.752. The Morgan fingerprint density at radius 3 is 3.19 bits per heavy atom. The van der Waals surface area contributed by atoms with Crippen LogP contribution in [-0.4, -0.2) is 30.4 Å². The Hall–Kier alpha value is -0.870. The lowest BCUT2D eigenvalue weighted by Crippen LogP contribution is -2.42. The maximum atomic E-state index is 12.0. The van der Waals surface area contributed by atoms with Crippen molar-refractivity contribution in [1.29, 1.82) is 0 Å². The minimum absolute atomic E-state index is 0.251. The summed E-state index contributed by atoms with van der Waals surface area (Å²) < 4.78 is 0. The monoisotopic (exact) mass is 238 g/mol. The van der Waals surface area contributed by atoms with Gasteiger partial charge in [0.05, 0.1) is 6.42 Å². The Labute approximate surface area is 100 Å². The van der Waals surface area contributed by atoms with Crippen LogP contribution in [0.15, 0.2) is 17.5 Å². The molecule has 0 aliphatic carbocycles. The van der Waals surface area contributed by atoms with E-state index in [2.05, 4.69) is 0 Å². The first-order chi connectivity index (χ1) is 7.79. The van der Waals surface area contributed by atoms with Gasteiger partial charge >= 0.3 is 0 Å². The second kappa shape index (κ2) is 5.46. The SMILES string of the molecule is NC[C@H]1CCCN(C(=O)Cc2cccs2)C1. The number of hydrogen-bond acceptors (Lipinski definition) is 3. The van der Waals surface area contributed by atoms with Crippen LogP contribution in [0.4, 0.5) is 0 Å². The lowest BCUT2D eigenvalue weighted by atomic mass is 9.98. The van der Waals surface area contributed by atoms with E-state index in [-0.39, 0.29) is 5.91 Å². The highest BCUT2D eigenvalue weighted by molar-refractivity contribution is 7.10. The van der Waals surface area contributed by atoms with Crippen molar-refractivity contribution in [3.63, 3.8) is 0 Å². The summed E-state index contributed by atoms with van der Waals surface area (Å²) in [5, 5.41) is 2.02. The number of likely N-dealkylation sites (tertiary alicyclic amines) is 1. The van der Waals surface area contributed by atoms with E-state index in [0.29, 0.717) is 18.9 Å². The highest BCUT2D eigenvalue weighted by atomic mass is 32.1. The molecule has 1 atom stereocenters. The number of hydrogen-bond donors (Lipinski definition) is 1. The molecule has 1 aromatic rings. The van der Waals surface area contributed by atoms with Crippen molar-refractivity contribution in [2.24, 2.45) is 11.7 Å². The van der Waals surface area contributed by atoms with Crippen LogP contribution in [0.5, 0.6) is 0 Å². The molecule has 0 radical (unpaired) electrons. The smallest absolute Gasteiger partial charge is 0.227 e. The molecule has 0 bridgehead atoms. The zero-order valence-corrected chi connectivity index (χ0v) is 10.2. The first kappa shape index (κ1) is 11.6. The van der Waals surface area contributed by atoms with Gasteiger partial charge in [0.15, 0.2) is 0 Å². The van der Waals surface area contributed by atoms with Gasteiger partial charge in [-0.1, -0.05) is 6.07 Å². The molecular weight excluding hydrogens is 220 g/mol. The van der Waals surface area contributed by atoms with Crippen LogP contribution < -0.4 is 5.73 Å². The Bertz CT molecular complexity index is 337. The number of nitrogens with two attached hydrogens (primary N) is 1. The van der Waals surface area contributed by atoms with Gasteiger partial charge in [0.25, 0.3) is 0 Å². The summed E-state index contributed by atoms with van der Waals surface area (Å²) in [6, 6.07) is 4.01. The van der Waals surface area contributed by atoms with E-state index in [1.165, 1.54) is 6.42 Å². The lowest BCUT2D eigenvalue weighted by Gasteiger charge is -2.32. The van der Waals surface area contributed by atoms with E-state index in [0.717, 1.165) is 24.4 Å². The molecule has 0 unspecified atom stereocenters. The summed E-state index contributed by atoms with van der Waals surface area (Å²) in [6.07, 6.45) is 2.81. The van der Waals surface area contributed by atoms with Crippen LogP contribution in [0.25, 0.3) is 0 Å². The minimum atomic E-state index is 0.251. The fourth-order valence-corrected chi connectivity index (χ4v) is 2.85. The average Bonchev–Trinajstić information content (AvgIpc) is 2.82. The Kier molecular flexibility index (Phi) is 3.96. The van der Waals surface area contributed by atoms with Crippen molar-refractivity contribution in [2.45, 2.75) is 19.3 Å². The minimum Gasteiger partial charge on any atom is -0.342 e. The Morgan fingerprint density at radius 1 is 1.62 bits per heavy atom. The van der Waals surface area contributed by atoms with Crippen molar-refractivity contribution in [2.75, 3.05) is 19.6 Å². The normalized spacial score (nSPS) is 21.1. The molecule has 2 rings (SSSR count). The molecule has 1 fully saturated rings. The summed E-state index contributed by atoms with van der Waals surface area (Å²) in [5.41, 5.74) is 5.67. The third-order valence-electron chi connectivity index (χ3n) is 3.11. The standard InChI is InChI=1S/C12H18N2OS/c13-8-10-3-1-5-14(9-10)12(15)7-11-4-2-6-16-11/h2,4,6,10H,1,3,5,7-9,13H2/t10-/m1/s1. The van der Waals surface area contributed by atoms with E-state index < -0.39 is 0 Å². The van der Waals surface area contributed by atoms with Crippen LogP contribution in [-0.2, 0) is 11.2 Å². The predicted molar refractivity (Wildman–Crippen MR) is 66.4 cm³/mol. The molecule has 0 aromatic carbocycles. The summed E-state index contributed by atoms with van der Waals surface area (Å²) in [4.78, 5) is 15.1. The third kappa shape index (κ3) is 2.83. The topological polar surface area (TPSA) is 46.3 Å². The highest BCUT2D eigenvalue weighted by Gasteiger charge is 2.22. The van der Waals surface area contributed by atoms with Crippen LogP contribution in [0.1, 0.15) is 17.7 Å². The van der Waals surface area contributed by atoms with Crippen LogP contribution in [0.3, 0.4) is 0 Å². The molecule has 1 aromatic heterocycles. The van der Waals surface area contributed by atoms with Crippen molar-refractivity contribution in [3.05, 3.63) is 22.4 Å². The van der Waals surface area contributed by atoms with Gasteiger partial charge in [-0.2, -0.15) is 0 Å². The maximum absolute atomic E-state index is 12.0. The van der Waals surface area contributed by atoms with Crippen molar-refractivity contribution >= 4 is 17.2 Å². The van der Waals surface area contributed by atoms with Gasteiger partial charge in [-0.15, -0.1) is 11.3 Å². The fraction of sp³-hybridized carbons (Fsp3) is 0.583. The molecule has 4 heteroatoms. The summed E-state index contributed by atoms with van der Waals surface area (Å²) in [6.45, 7) is 2.45. The molecule has 0 spiro atoms. The second-order valence-electron chi connectivity index (χ2n) is 4.34. The molecule has 3 nitrogen and oxygen atoms in total. The second-order valence-corrected chi connectivity index (χ2v) is 5.37. The van der Waals surface area contributed by atoms with Crippen LogP contribution in [0.2, 0.25) is 0 Å². The number of nitrogens with zero attached hydrogens (tertiary/aromatic N) is 1. The van der Waals surface area contributed by atoms with E-state index in [4.69, 9.17) is 5.73 Å². The van der Waals surface area contributed by atoms with Crippen LogP contribution >= 0.6 is 11.3 Å². The molecule has 0 saturated carbocycles. The number of thiophene rings is 1. The molecule has 16 heavy (non-hydrogen) atoms. The van der Waals surface area contributed by atoms with Crippen molar-refractivity contribution in [1.82, 2.24) is 4.90 Å². The summed E-state index contributed by atoms with van der Waals surface area (Å²) >= 11 is 1.65. The largest absolute Gasteiger partial charge is 0.342 e. The predicted octanol–water partition coefficient (Wildman–Crippen LogP) is 1.49. The van der Waals surface area contributed by atoms with Gasteiger partial charge in [-0.3, -0.25) is 4.79 Å². The van der Waals surface area contributed by atoms with Gasteiger partial charge < -0.3 is 10.6 Å². The zero-order valence-electron chi connectivity index (χ0n) is 9.39. The lowest BCUT2D eigenvalue weighted by molar-refractivity contribution is -0.132. The van der Waals surface area contributed by atoms with E-state index in [1.54, 1.807) is 11.3 Å². The molecule has 1 amide bonds. The first-order valence-electron chi connectivity index (χ1n) is 5.80. The Balaban J connectivity index is 1.89. The molecular formula is C12H18N2OS. The molecule has 1 aliphatic heterocycles. The fourth-order valence-electron chi connectivity index (χ4n) is 2.16. The van der Waals surface area contributed by atoms with Gasteiger partial charge in [0.1, 0.15) is 0 Å². The molecule has 1 aliphatic rings. The van der Waals surface area contributed by atoms with Gasteiger partial charge in [-0.05, 0) is 36.8 Å². The third-order valence-corrected chi connectivity index (χ3v) is 3.99.